The van der Waals surface area contributed by atoms with Crippen LogP contribution in [0, 0.1) is 17.3 Å². The van der Waals surface area contributed by atoms with Gasteiger partial charge in [0, 0.05) is 6.54 Å². The predicted molar refractivity (Wildman–Crippen MR) is 78.0 cm³/mol. The van der Waals surface area contributed by atoms with Gasteiger partial charge in [0.15, 0.2) is 11.5 Å². The maximum atomic E-state index is 6.17. The van der Waals surface area contributed by atoms with E-state index in [4.69, 9.17) is 9.47 Å². The first-order valence-corrected chi connectivity index (χ1v) is 8.05. The zero-order chi connectivity index (χ0) is 13.7. The maximum Gasteiger partial charge on any atom is 0.157 e. The zero-order valence-electron chi connectivity index (χ0n) is 12.6. The Bertz CT molecular complexity index is 456. The minimum absolute atomic E-state index is 0.204. The number of piperidine rings is 1. The van der Waals surface area contributed by atoms with E-state index in [1.165, 1.54) is 32.4 Å². The summed E-state index contributed by atoms with van der Waals surface area (Å²) in [6, 6.07) is 0. The molecule has 110 valence electrons. The number of allylic oxidation sites excluding steroid dienone is 2. The van der Waals surface area contributed by atoms with Gasteiger partial charge in [-0.25, -0.2) is 0 Å². The number of ether oxygens (including phenoxy) is 2. The van der Waals surface area contributed by atoms with E-state index in [-0.39, 0.29) is 6.10 Å². The number of hydrogen-bond donors (Lipinski definition) is 0. The Kier molecular flexibility index (Phi) is 2.88. The van der Waals surface area contributed by atoms with Crippen LogP contribution in [0.2, 0.25) is 0 Å². The smallest absolute Gasteiger partial charge is 0.157 e. The molecule has 0 bridgehead atoms. The average Bonchev–Trinajstić information content (AvgIpc) is 3.16. The Hall–Kier alpha value is -0.960. The molecule has 3 atom stereocenters. The van der Waals surface area contributed by atoms with Crippen molar-refractivity contribution in [1.29, 1.82) is 0 Å². The quantitative estimate of drug-likeness (QED) is 0.773. The second-order valence-electron chi connectivity index (χ2n) is 7.64. The molecule has 3 fully saturated rings. The van der Waals surface area contributed by atoms with Crippen LogP contribution >= 0.6 is 0 Å². The number of likely N-dealkylation sites (tertiary alicyclic amines) is 1. The number of nitrogens with zero attached hydrogens (tertiary/aromatic N) is 1. The van der Waals surface area contributed by atoms with Gasteiger partial charge in [0.25, 0.3) is 0 Å². The summed E-state index contributed by atoms with van der Waals surface area (Å²) in [7, 11) is 0. The summed E-state index contributed by atoms with van der Waals surface area (Å²) in [5.74, 6) is 3.47. The van der Waals surface area contributed by atoms with Crippen molar-refractivity contribution >= 4 is 0 Å². The maximum absolute atomic E-state index is 6.17. The van der Waals surface area contributed by atoms with Crippen LogP contribution < -0.4 is 0 Å². The second kappa shape index (κ2) is 4.52. The molecule has 4 aliphatic rings. The van der Waals surface area contributed by atoms with E-state index >= 15 is 0 Å². The number of fused-ring (bicyclic) bond motifs is 2. The van der Waals surface area contributed by atoms with E-state index in [1.807, 2.05) is 0 Å². The van der Waals surface area contributed by atoms with Crippen molar-refractivity contribution in [2.75, 3.05) is 26.2 Å². The third kappa shape index (κ3) is 2.48. The molecule has 20 heavy (non-hydrogen) atoms. The lowest BCUT2D eigenvalue weighted by Gasteiger charge is -2.39. The van der Waals surface area contributed by atoms with Crippen molar-refractivity contribution in [3.63, 3.8) is 0 Å². The van der Waals surface area contributed by atoms with E-state index in [9.17, 15) is 0 Å². The Morgan fingerprint density at radius 2 is 1.85 bits per heavy atom. The van der Waals surface area contributed by atoms with Gasteiger partial charge in [-0.05, 0) is 61.8 Å². The van der Waals surface area contributed by atoms with Crippen molar-refractivity contribution in [3.8, 4) is 0 Å². The van der Waals surface area contributed by atoms with E-state index in [0.29, 0.717) is 12.0 Å². The fraction of sp³-hybridized carbons (Fsp3) is 0.765. The molecular weight excluding hydrogens is 250 g/mol. The number of hydrogen-bond acceptors (Lipinski definition) is 3. The molecule has 0 amide bonds. The standard InChI is InChI=1S/C17H25NO2/c1-17(2)3-5-18(6-4-17)10-14-11-19-15-8-12-7-13(12)9-16(15)20-14/h8-9,12-14H,3-7,10-11H2,1-2H3/t12?,13?,14-/m0/s1. The van der Waals surface area contributed by atoms with E-state index in [0.717, 1.165) is 29.9 Å². The minimum Gasteiger partial charge on any atom is -0.486 e. The van der Waals surface area contributed by atoms with Gasteiger partial charge in [-0.1, -0.05) is 13.8 Å². The predicted octanol–water partition coefficient (Wildman–Crippen LogP) is 2.94. The van der Waals surface area contributed by atoms with Gasteiger partial charge in [-0.15, -0.1) is 0 Å². The molecule has 2 heterocycles. The van der Waals surface area contributed by atoms with Crippen LogP contribution in [0.4, 0.5) is 0 Å². The summed E-state index contributed by atoms with van der Waals surface area (Å²) in [6.45, 7) is 8.86. The normalized spacial score (nSPS) is 38.6. The molecule has 1 saturated carbocycles. The van der Waals surface area contributed by atoms with Crippen molar-refractivity contribution < 1.29 is 9.47 Å². The molecule has 0 spiro atoms. The van der Waals surface area contributed by atoms with Crippen LogP contribution in [0.25, 0.3) is 0 Å². The van der Waals surface area contributed by atoms with Crippen molar-refractivity contribution in [2.45, 2.75) is 39.2 Å². The minimum atomic E-state index is 0.204. The molecular formula is C17H25NO2. The molecule has 0 aromatic carbocycles. The van der Waals surface area contributed by atoms with Crippen LogP contribution in [0.1, 0.15) is 33.1 Å². The molecule has 2 saturated heterocycles. The monoisotopic (exact) mass is 275 g/mol. The second-order valence-corrected chi connectivity index (χ2v) is 7.64. The number of rotatable bonds is 2. The van der Waals surface area contributed by atoms with Crippen LogP contribution in [0.5, 0.6) is 0 Å². The van der Waals surface area contributed by atoms with Crippen LogP contribution in [-0.2, 0) is 9.47 Å². The lowest BCUT2D eigenvalue weighted by molar-refractivity contribution is -0.0326. The summed E-state index contributed by atoms with van der Waals surface area (Å²) in [6.07, 6.45) is 8.61. The van der Waals surface area contributed by atoms with E-state index < -0.39 is 0 Å². The van der Waals surface area contributed by atoms with Gasteiger partial charge in [0.2, 0.25) is 0 Å². The Balaban J connectivity index is 1.34. The third-order valence-corrected chi connectivity index (χ3v) is 5.25. The molecule has 0 N–H and O–H groups in total. The van der Waals surface area contributed by atoms with Crippen LogP contribution in [0.3, 0.4) is 0 Å². The molecule has 4 rings (SSSR count). The lowest BCUT2D eigenvalue weighted by Crippen LogP contribution is -2.44. The Labute approximate surface area is 121 Å². The summed E-state index contributed by atoms with van der Waals surface area (Å²) >= 11 is 0. The van der Waals surface area contributed by atoms with Gasteiger partial charge in [0.05, 0.1) is 0 Å². The molecule has 0 aromatic heterocycles. The van der Waals surface area contributed by atoms with Gasteiger partial charge in [-0.2, -0.15) is 0 Å². The highest BCUT2D eigenvalue weighted by Crippen LogP contribution is 2.47. The van der Waals surface area contributed by atoms with E-state index in [1.54, 1.807) is 0 Å². The van der Waals surface area contributed by atoms with Crippen molar-refractivity contribution in [1.82, 2.24) is 4.90 Å². The fourth-order valence-corrected chi connectivity index (χ4v) is 3.50. The lowest BCUT2D eigenvalue weighted by atomic mass is 9.82. The summed E-state index contributed by atoms with van der Waals surface area (Å²) in [5, 5.41) is 0. The largest absolute Gasteiger partial charge is 0.486 e. The highest BCUT2D eigenvalue weighted by molar-refractivity contribution is 5.33. The third-order valence-electron chi connectivity index (χ3n) is 5.25. The summed E-state index contributed by atoms with van der Waals surface area (Å²) in [5.41, 5.74) is 0.517. The molecule has 2 aliphatic heterocycles. The van der Waals surface area contributed by atoms with Crippen molar-refractivity contribution in [3.05, 3.63) is 23.7 Å². The van der Waals surface area contributed by atoms with Crippen LogP contribution in [0.15, 0.2) is 23.7 Å². The SMILES string of the molecule is CC1(C)CCN(C[C@H]2COC3=CC4CC4C=C3O2)CC1. The van der Waals surface area contributed by atoms with Crippen molar-refractivity contribution in [2.24, 2.45) is 17.3 Å². The highest BCUT2D eigenvalue weighted by Gasteiger charge is 2.41. The first-order chi connectivity index (χ1) is 9.59. The summed E-state index contributed by atoms with van der Waals surface area (Å²) in [4.78, 5) is 2.54. The first-order valence-electron chi connectivity index (χ1n) is 8.05. The molecule has 0 aromatic rings. The highest BCUT2D eigenvalue weighted by atomic mass is 16.6. The first kappa shape index (κ1) is 12.8. The zero-order valence-corrected chi connectivity index (χ0v) is 12.6. The average molecular weight is 275 g/mol. The molecule has 3 nitrogen and oxygen atoms in total. The van der Waals surface area contributed by atoms with Gasteiger partial charge in [-0.3, -0.25) is 4.90 Å². The van der Waals surface area contributed by atoms with Gasteiger partial charge in [0.1, 0.15) is 12.7 Å². The topological polar surface area (TPSA) is 21.7 Å². The molecule has 3 heteroatoms. The van der Waals surface area contributed by atoms with Crippen LogP contribution in [-0.4, -0.2) is 37.2 Å². The Morgan fingerprint density at radius 1 is 1.15 bits per heavy atom. The molecule has 0 radical (unpaired) electrons. The Morgan fingerprint density at radius 3 is 2.60 bits per heavy atom. The van der Waals surface area contributed by atoms with Gasteiger partial charge >= 0.3 is 0 Å². The summed E-state index contributed by atoms with van der Waals surface area (Å²) < 4.78 is 12.1. The fourth-order valence-electron chi connectivity index (χ4n) is 3.50. The van der Waals surface area contributed by atoms with E-state index in [2.05, 4.69) is 30.9 Å². The van der Waals surface area contributed by atoms with Gasteiger partial charge < -0.3 is 9.47 Å². The molecule has 2 unspecified atom stereocenters. The molecule has 2 aliphatic carbocycles.